The highest BCUT2D eigenvalue weighted by atomic mass is 14.7. The Labute approximate surface area is 193 Å². The summed E-state index contributed by atoms with van der Waals surface area (Å²) in [5.41, 5.74) is 6.68. The van der Waals surface area contributed by atoms with Crippen molar-refractivity contribution in [3.8, 4) is 11.3 Å². The van der Waals surface area contributed by atoms with Crippen molar-refractivity contribution in [3.63, 3.8) is 0 Å². The van der Waals surface area contributed by atoms with Crippen LogP contribution in [0.5, 0.6) is 0 Å². The van der Waals surface area contributed by atoms with E-state index >= 15 is 0 Å². The van der Waals surface area contributed by atoms with Gasteiger partial charge in [0.2, 0.25) is 0 Å². The van der Waals surface area contributed by atoms with Crippen LogP contribution in [-0.2, 0) is 0 Å². The van der Waals surface area contributed by atoms with Crippen molar-refractivity contribution in [2.75, 3.05) is 0 Å². The maximum atomic E-state index is 4.69. The lowest BCUT2D eigenvalue weighted by Crippen LogP contribution is -1.85. The molecule has 0 radical (unpaired) electrons. The molecular formula is C31H24N2. The van der Waals surface area contributed by atoms with Gasteiger partial charge < -0.3 is 0 Å². The van der Waals surface area contributed by atoms with Crippen molar-refractivity contribution in [2.45, 2.75) is 6.92 Å². The zero-order valence-electron chi connectivity index (χ0n) is 18.6. The normalized spacial score (nSPS) is 10.7. The molecule has 0 bridgehead atoms. The molecular weight excluding hydrogens is 400 g/mol. The SMILES string of the molecule is C=Cc1ccc2nc(-c3ccccc3)ccc2c1.Cc1ccnc2c1ccc1ccccc12. The van der Waals surface area contributed by atoms with Gasteiger partial charge >= 0.3 is 0 Å². The summed E-state index contributed by atoms with van der Waals surface area (Å²) >= 11 is 0. The van der Waals surface area contributed by atoms with Crippen molar-refractivity contribution in [2.24, 2.45) is 0 Å². The summed E-state index contributed by atoms with van der Waals surface area (Å²) in [6.07, 6.45) is 3.73. The van der Waals surface area contributed by atoms with E-state index in [1.807, 2.05) is 42.6 Å². The fourth-order valence-electron chi connectivity index (χ4n) is 4.07. The lowest BCUT2D eigenvalue weighted by atomic mass is 10.0. The van der Waals surface area contributed by atoms with E-state index in [1.54, 1.807) is 0 Å². The number of pyridine rings is 2. The Kier molecular flexibility index (Phi) is 5.65. The zero-order chi connectivity index (χ0) is 22.6. The second kappa shape index (κ2) is 9.05. The number of aromatic nitrogens is 2. The number of nitrogens with zero attached hydrogens (tertiary/aromatic N) is 2. The van der Waals surface area contributed by atoms with E-state index in [0.29, 0.717) is 0 Å². The summed E-state index contributed by atoms with van der Waals surface area (Å²) < 4.78 is 0. The molecule has 2 heterocycles. The van der Waals surface area contributed by atoms with Crippen LogP contribution in [0.25, 0.3) is 49.9 Å². The fraction of sp³-hybridized carbons (Fsp3) is 0.0323. The van der Waals surface area contributed by atoms with Crippen molar-refractivity contribution < 1.29 is 0 Å². The van der Waals surface area contributed by atoms with Gasteiger partial charge in [-0.25, -0.2) is 4.98 Å². The number of aryl methyl sites for hydroxylation is 1. The maximum Gasteiger partial charge on any atom is 0.0782 e. The van der Waals surface area contributed by atoms with Crippen molar-refractivity contribution >= 4 is 38.7 Å². The standard InChI is InChI=1S/C17H13N.C14H11N/c1-2-13-8-10-17-15(12-13)9-11-16(18-17)14-6-4-3-5-7-14;1-10-8-9-15-14-12(10)7-6-11-4-2-3-5-13(11)14/h2-12H,1H2;2-9H,1H3. The zero-order valence-corrected chi connectivity index (χ0v) is 18.6. The predicted molar refractivity (Wildman–Crippen MR) is 141 cm³/mol. The molecule has 0 atom stereocenters. The molecule has 0 unspecified atom stereocenters. The van der Waals surface area contributed by atoms with Gasteiger partial charge in [-0.3, -0.25) is 4.98 Å². The van der Waals surface area contributed by atoms with Gasteiger partial charge in [-0.1, -0.05) is 91.5 Å². The molecule has 0 saturated carbocycles. The summed E-state index contributed by atoms with van der Waals surface area (Å²) in [5.74, 6) is 0. The first-order valence-electron chi connectivity index (χ1n) is 11.0. The number of hydrogen-bond donors (Lipinski definition) is 0. The Bertz CT molecular complexity index is 1580. The van der Waals surface area contributed by atoms with Crippen LogP contribution in [-0.4, -0.2) is 9.97 Å². The Morgan fingerprint density at radius 2 is 1.48 bits per heavy atom. The lowest BCUT2D eigenvalue weighted by Gasteiger charge is -2.04. The van der Waals surface area contributed by atoms with Crippen LogP contribution in [0.1, 0.15) is 11.1 Å². The van der Waals surface area contributed by atoms with Crippen LogP contribution in [0.2, 0.25) is 0 Å². The molecule has 0 spiro atoms. The smallest absolute Gasteiger partial charge is 0.0782 e. The number of hydrogen-bond acceptors (Lipinski definition) is 2. The second-order valence-electron chi connectivity index (χ2n) is 8.03. The predicted octanol–water partition coefficient (Wildman–Crippen LogP) is 8.24. The molecule has 4 aromatic carbocycles. The Morgan fingerprint density at radius 3 is 2.33 bits per heavy atom. The highest BCUT2D eigenvalue weighted by Gasteiger charge is 2.02. The molecule has 6 rings (SSSR count). The molecule has 0 saturated heterocycles. The molecule has 0 amide bonds. The second-order valence-corrected chi connectivity index (χ2v) is 8.03. The van der Waals surface area contributed by atoms with Gasteiger partial charge in [-0.2, -0.15) is 0 Å². The molecule has 2 heteroatoms. The average Bonchev–Trinajstić information content (AvgIpc) is 2.89. The van der Waals surface area contributed by atoms with Crippen LogP contribution in [0.4, 0.5) is 0 Å². The number of fused-ring (bicyclic) bond motifs is 4. The molecule has 0 aliphatic carbocycles. The maximum absolute atomic E-state index is 4.69. The Morgan fingerprint density at radius 1 is 0.697 bits per heavy atom. The summed E-state index contributed by atoms with van der Waals surface area (Å²) in [4.78, 5) is 9.16. The average molecular weight is 425 g/mol. The number of benzene rings is 4. The third-order valence-corrected chi connectivity index (χ3v) is 5.87. The van der Waals surface area contributed by atoms with Crippen LogP contribution in [0, 0.1) is 6.92 Å². The number of rotatable bonds is 2. The lowest BCUT2D eigenvalue weighted by molar-refractivity contribution is 1.38. The molecule has 33 heavy (non-hydrogen) atoms. The van der Waals surface area contributed by atoms with E-state index < -0.39 is 0 Å². The molecule has 0 aliphatic heterocycles. The van der Waals surface area contributed by atoms with E-state index in [4.69, 9.17) is 0 Å². The van der Waals surface area contributed by atoms with Gasteiger partial charge in [0.1, 0.15) is 0 Å². The summed E-state index contributed by atoms with van der Waals surface area (Å²) in [5, 5.41) is 4.88. The van der Waals surface area contributed by atoms with E-state index in [9.17, 15) is 0 Å². The fourth-order valence-corrected chi connectivity index (χ4v) is 4.07. The van der Waals surface area contributed by atoms with E-state index in [-0.39, 0.29) is 0 Å². The Balaban J connectivity index is 0.000000140. The van der Waals surface area contributed by atoms with Gasteiger partial charge in [0.05, 0.1) is 16.7 Å². The molecule has 2 aromatic heterocycles. The van der Waals surface area contributed by atoms with Gasteiger partial charge in [-0.15, -0.1) is 0 Å². The first kappa shape index (κ1) is 20.6. The third kappa shape index (κ3) is 4.24. The molecule has 158 valence electrons. The minimum absolute atomic E-state index is 1.01. The largest absolute Gasteiger partial charge is 0.256 e. The van der Waals surface area contributed by atoms with E-state index in [0.717, 1.165) is 33.2 Å². The molecule has 0 N–H and O–H groups in total. The van der Waals surface area contributed by atoms with Gasteiger partial charge in [-0.05, 0) is 47.7 Å². The summed E-state index contributed by atoms with van der Waals surface area (Å²) in [6, 6.07) is 35.3. The summed E-state index contributed by atoms with van der Waals surface area (Å²) in [6.45, 7) is 5.91. The van der Waals surface area contributed by atoms with Crippen LogP contribution < -0.4 is 0 Å². The molecule has 2 nitrogen and oxygen atoms in total. The summed E-state index contributed by atoms with van der Waals surface area (Å²) in [7, 11) is 0. The van der Waals surface area contributed by atoms with Gasteiger partial charge in [0.25, 0.3) is 0 Å². The van der Waals surface area contributed by atoms with Gasteiger partial charge in [0.15, 0.2) is 0 Å². The van der Waals surface area contributed by atoms with Crippen molar-refractivity contribution in [1.29, 1.82) is 0 Å². The van der Waals surface area contributed by atoms with Crippen molar-refractivity contribution in [3.05, 3.63) is 127 Å². The quantitative estimate of drug-likeness (QED) is 0.262. The minimum Gasteiger partial charge on any atom is -0.256 e. The first-order chi connectivity index (χ1) is 16.2. The van der Waals surface area contributed by atoms with Crippen LogP contribution in [0.15, 0.2) is 116 Å². The third-order valence-electron chi connectivity index (χ3n) is 5.87. The van der Waals surface area contributed by atoms with E-state index in [1.165, 1.54) is 21.7 Å². The van der Waals surface area contributed by atoms with E-state index in [2.05, 4.69) is 96.3 Å². The monoisotopic (exact) mass is 424 g/mol. The molecule has 0 fully saturated rings. The topological polar surface area (TPSA) is 25.8 Å². The molecule has 6 aromatic rings. The molecule has 0 aliphatic rings. The van der Waals surface area contributed by atoms with Crippen molar-refractivity contribution in [1.82, 2.24) is 9.97 Å². The highest BCUT2D eigenvalue weighted by Crippen LogP contribution is 2.25. The minimum atomic E-state index is 1.01. The highest BCUT2D eigenvalue weighted by molar-refractivity contribution is 6.05. The van der Waals surface area contributed by atoms with Gasteiger partial charge in [0, 0.05) is 27.9 Å². The van der Waals surface area contributed by atoms with Crippen LogP contribution >= 0.6 is 0 Å². The first-order valence-corrected chi connectivity index (χ1v) is 11.0. The van der Waals surface area contributed by atoms with Crippen LogP contribution in [0.3, 0.4) is 0 Å². The Hall–Kier alpha value is -4.30.